The summed E-state index contributed by atoms with van der Waals surface area (Å²) in [6, 6.07) is 0. The highest BCUT2D eigenvalue weighted by Gasteiger charge is 2.19. The zero-order valence-corrected chi connectivity index (χ0v) is 9.37. The quantitative estimate of drug-likeness (QED) is 0.747. The van der Waals surface area contributed by atoms with Crippen LogP contribution in [0, 0.1) is 11.8 Å². The van der Waals surface area contributed by atoms with Gasteiger partial charge in [-0.25, -0.2) is 4.79 Å². The van der Waals surface area contributed by atoms with E-state index >= 15 is 0 Å². The predicted octanol–water partition coefficient (Wildman–Crippen LogP) is 1.53. The number of carbonyl (C=O) groups excluding carboxylic acids is 1. The molecule has 0 saturated heterocycles. The molecule has 15 heavy (non-hydrogen) atoms. The number of aliphatic hydroxyl groups excluding tert-OH is 1. The van der Waals surface area contributed by atoms with E-state index in [2.05, 4.69) is 12.2 Å². The molecule has 0 aromatic heterocycles. The molecular weight excluding hydrogens is 194 g/mol. The molecule has 88 valence electrons. The van der Waals surface area contributed by atoms with Gasteiger partial charge >= 0.3 is 6.09 Å². The van der Waals surface area contributed by atoms with Crippen molar-refractivity contribution in [3.05, 3.63) is 0 Å². The van der Waals surface area contributed by atoms with Crippen LogP contribution in [-0.4, -0.2) is 31.0 Å². The molecule has 1 amide bonds. The largest absolute Gasteiger partial charge is 0.447 e. The van der Waals surface area contributed by atoms with Gasteiger partial charge in [0.15, 0.2) is 0 Å². The summed E-state index contributed by atoms with van der Waals surface area (Å²) in [6.45, 7) is 2.92. The number of alkyl carbamates (subject to hydrolysis) is 1. The van der Waals surface area contributed by atoms with Crippen LogP contribution in [0.15, 0.2) is 0 Å². The van der Waals surface area contributed by atoms with Gasteiger partial charge in [-0.3, -0.25) is 0 Å². The van der Waals surface area contributed by atoms with Gasteiger partial charge in [0.2, 0.25) is 0 Å². The number of aliphatic hydroxyl groups is 1. The summed E-state index contributed by atoms with van der Waals surface area (Å²) in [7, 11) is 0. The number of hydrogen-bond acceptors (Lipinski definition) is 3. The third kappa shape index (κ3) is 5.02. The molecule has 0 spiro atoms. The van der Waals surface area contributed by atoms with Crippen molar-refractivity contribution in [1.82, 2.24) is 5.32 Å². The fraction of sp³-hybridized carbons (Fsp3) is 0.909. The van der Waals surface area contributed by atoms with E-state index in [0.717, 1.165) is 5.92 Å². The highest BCUT2D eigenvalue weighted by atomic mass is 16.6. The minimum absolute atomic E-state index is 0.0763. The summed E-state index contributed by atoms with van der Waals surface area (Å²) in [6.07, 6.45) is 4.55. The number of nitrogens with one attached hydrogen (secondary N) is 1. The van der Waals surface area contributed by atoms with Crippen LogP contribution >= 0.6 is 0 Å². The van der Waals surface area contributed by atoms with Crippen LogP contribution in [0.2, 0.25) is 0 Å². The Morgan fingerprint density at radius 2 is 2.33 bits per heavy atom. The maximum absolute atomic E-state index is 11.1. The summed E-state index contributed by atoms with van der Waals surface area (Å²) >= 11 is 0. The summed E-state index contributed by atoms with van der Waals surface area (Å²) in [5, 5.41) is 11.2. The van der Waals surface area contributed by atoms with Gasteiger partial charge < -0.3 is 15.2 Å². The molecule has 2 N–H and O–H groups in total. The average molecular weight is 215 g/mol. The Labute approximate surface area is 91.0 Å². The van der Waals surface area contributed by atoms with Crippen LogP contribution in [0.3, 0.4) is 0 Å². The van der Waals surface area contributed by atoms with Crippen molar-refractivity contribution in [3.63, 3.8) is 0 Å². The number of ether oxygens (including phenoxy) is 1. The molecule has 1 aliphatic rings. The van der Waals surface area contributed by atoms with Crippen molar-refractivity contribution in [3.8, 4) is 0 Å². The second kappa shape index (κ2) is 6.67. The molecule has 2 atom stereocenters. The molecule has 0 radical (unpaired) electrons. The molecule has 0 heterocycles. The van der Waals surface area contributed by atoms with Gasteiger partial charge in [-0.05, 0) is 24.7 Å². The van der Waals surface area contributed by atoms with Gasteiger partial charge in [0, 0.05) is 6.54 Å². The number of hydrogen-bond donors (Lipinski definition) is 2. The van der Waals surface area contributed by atoms with Crippen LogP contribution in [-0.2, 0) is 4.74 Å². The molecule has 1 aliphatic carbocycles. The highest BCUT2D eigenvalue weighted by molar-refractivity contribution is 5.67. The van der Waals surface area contributed by atoms with Crippen molar-refractivity contribution in [2.45, 2.75) is 32.6 Å². The Bertz CT molecular complexity index is 196. The van der Waals surface area contributed by atoms with E-state index in [9.17, 15) is 4.79 Å². The lowest BCUT2D eigenvalue weighted by molar-refractivity contribution is 0.116. The van der Waals surface area contributed by atoms with Gasteiger partial charge in [0.25, 0.3) is 0 Å². The van der Waals surface area contributed by atoms with Gasteiger partial charge in [-0.15, -0.1) is 0 Å². The van der Waals surface area contributed by atoms with E-state index in [0.29, 0.717) is 12.5 Å². The smallest absolute Gasteiger partial charge is 0.407 e. The molecule has 1 fully saturated rings. The first kappa shape index (κ1) is 12.3. The van der Waals surface area contributed by atoms with Crippen LogP contribution in [0.25, 0.3) is 0 Å². The lowest BCUT2D eigenvalue weighted by Gasteiger charge is -2.26. The second-order valence-electron chi connectivity index (χ2n) is 4.38. The number of carbonyl (C=O) groups is 1. The predicted molar refractivity (Wildman–Crippen MR) is 57.6 cm³/mol. The average Bonchev–Trinajstić information content (AvgIpc) is 2.23. The van der Waals surface area contributed by atoms with Gasteiger partial charge in [0.1, 0.15) is 6.61 Å². The molecule has 2 unspecified atom stereocenters. The molecule has 1 saturated carbocycles. The molecule has 0 aromatic rings. The first-order valence-corrected chi connectivity index (χ1v) is 5.74. The molecule has 1 rings (SSSR count). The minimum atomic E-state index is -0.415. The Balaban J connectivity index is 2.10. The Morgan fingerprint density at radius 1 is 1.53 bits per heavy atom. The molecule has 4 nitrogen and oxygen atoms in total. The first-order chi connectivity index (χ1) is 7.22. The fourth-order valence-electron chi connectivity index (χ4n) is 2.16. The van der Waals surface area contributed by atoms with Crippen LogP contribution in [0.1, 0.15) is 32.6 Å². The summed E-state index contributed by atoms with van der Waals surface area (Å²) in [4.78, 5) is 11.1. The van der Waals surface area contributed by atoms with Crippen LogP contribution < -0.4 is 5.32 Å². The van der Waals surface area contributed by atoms with Crippen molar-refractivity contribution in [1.29, 1.82) is 0 Å². The molecule has 0 aromatic carbocycles. The topological polar surface area (TPSA) is 58.6 Å². The van der Waals surface area contributed by atoms with E-state index in [1.54, 1.807) is 0 Å². The molecule has 0 aliphatic heterocycles. The molecule has 0 bridgehead atoms. The van der Waals surface area contributed by atoms with Gasteiger partial charge in [-0.1, -0.05) is 19.8 Å². The van der Waals surface area contributed by atoms with Crippen molar-refractivity contribution < 1.29 is 14.6 Å². The maximum Gasteiger partial charge on any atom is 0.407 e. The monoisotopic (exact) mass is 215 g/mol. The van der Waals surface area contributed by atoms with Crippen LogP contribution in [0.5, 0.6) is 0 Å². The maximum atomic E-state index is 11.1. The molecule has 4 heteroatoms. The summed E-state index contributed by atoms with van der Waals surface area (Å²) < 4.78 is 4.71. The number of rotatable bonds is 4. The zero-order chi connectivity index (χ0) is 11.1. The first-order valence-electron chi connectivity index (χ1n) is 5.74. The van der Waals surface area contributed by atoms with Crippen molar-refractivity contribution in [2.75, 3.05) is 19.8 Å². The second-order valence-corrected chi connectivity index (χ2v) is 4.38. The third-order valence-corrected chi connectivity index (χ3v) is 2.90. The normalized spacial score (nSPS) is 26.0. The van der Waals surface area contributed by atoms with E-state index in [-0.39, 0.29) is 13.2 Å². The van der Waals surface area contributed by atoms with Crippen LogP contribution in [0.4, 0.5) is 4.79 Å². The Morgan fingerprint density at radius 3 is 3.00 bits per heavy atom. The Hall–Kier alpha value is -0.770. The van der Waals surface area contributed by atoms with Crippen molar-refractivity contribution in [2.24, 2.45) is 11.8 Å². The van der Waals surface area contributed by atoms with E-state index in [1.165, 1.54) is 25.7 Å². The van der Waals surface area contributed by atoms with E-state index < -0.39 is 6.09 Å². The lowest BCUT2D eigenvalue weighted by Crippen LogP contribution is -2.32. The highest BCUT2D eigenvalue weighted by Crippen LogP contribution is 2.27. The molecular formula is C11H21NO3. The lowest BCUT2D eigenvalue weighted by atomic mass is 9.82. The Kier molecular flexibility index (Phi) is 5.47. The summed E-state index contributed by atoms with van der Waals surface area (Å²) in [5.41, 5.74) is 0. The summed E-state index contributed by atoms with van der Waals surface area (Å²) in [5.74, 6) is 1.37. The van der Waals surface area contributed by atoms with E-state index in [4.69, 9.17) is 9.84 Å². The van der Waals surface area contributed by atoms with E-state index in [1.807, 2.05) is 0 Å². The van der Waals surface area contributed by atoms with Crippen molar-refractivity contribution >= 4 is 6.09 Å². The third-order valence-electron chi connectivity index (χ3n) is 2.90. The fourth-order valence-corrected chi connectivity index (χ4v) is 2.16. The number of amides is 1. The standard InChI is InChI=1S/C11H21NO3/c1-9-3-2-4-10(7-9)8-12-11(14)15-6-5-13/h9-10,13H,2-8H2,1H3,(H,12,14). The minimum Gasteiger partial charge on any atom is -0.447 e. The van der Waals surface area contributed by atoms with Gasteiger partial charge in [0.05, 0.1) is 6.61 Å². The zero-order valence-electron chi connectivity index (χ0n) is 9.37. The van der Waals surface area contributed by atoms with Gasteiger partial charge in [-0.2, -0.15) is 0 Å². The SMILES string of the molecule is CC1CCCC(CNC(=O)OCCO)C1.